The SMILES string of the molecule is CC1(CNC(=O)c2nc(C(=O)O)cs2)CCCS1. The Bertz CT molecular complexity index is 467. The normalized spacial score (nSPS) is 22.9. The lowest BCUT2D eigenvalue weighted by Crippen LogP contribution is -2.36. The minimum Gasteiger partial charge on any atom is -0.476 e. The number of thioether (sulfide) groups is 1. The van der Waals surface area contributed by atoms with Gasteiger partial charge in [0.1, 0.15) is 0 Å². The number of aromatic nitrogens is 1. The molecular formula is C11H14N2O3S2. The molecule has 1 aromatic rings. The van der Waals surface area contributed by atoms with Gasteiger partial charge in [0, 0.05) is 16.7 Å². The summed E-state index contributed by atoms with van der Waals surface area (Å²) < 4.78 is 0.0997. The van der Waals surface area contributed by atoms with Crippen LogP contribution in [0.2, 0.25) is 0 Å². The molecule has 7 heteroatoms. The van der Waals surface area contributed by atoms with Gasteiger partial charge >= 0.3 is 5.97 Å². The summed E-state index contributed by atoms with van der Waals surface area (Å²) in [5.74, 6) is -0.267. The van der Waals surface area contributed by atoms with Crippen molar-refractivity contribution in [3.63, 3.8) is 0 Å². The molecule has 1 fully saturated rings. The Balaban J connectivity index is 1.93. The quantitative estimate of drug-likeness (QED) is 0.883. The van der Waals surface area contributed by atoms with Crippen LogP contribution < -0.4 is 5.32 Å². The molecule has 18 heavy (non-hydrogen) atoms. The molecule has 1 aliphatic heterocycles. The molecule has 0 saturated carbocycles. The number of carbonyl (C=O) groups is 2. The van der Waals surface area contributed by atoms with Crippen molar-refractivity contribution >= 4 is 35.0 Å². The fraction of sp³-hybridized carbons (Fsp3) is 0.545. The third-order valence-corrected chi connectivity index (χ3v) is 5.22. The molecule has 0 radical (unpaired) electrons. The zero-order chi connectivity index (χ0) is 13.2. The molecule has 0 spiro atoms. The van der Waals surface area contributed by atoms with Crippen molar-refractivity contribution in [2.24, 2.45) is 0 Å². The average molecular weight is 286 g/mol. The number of carboxylic acid groups (broad SMARTS) is 1. The third kappa shape index (κ3) is 3.02. The van der Waals surface area contributed by atoms with E-state index in [1.165, 1.54) is 11.8 Å². The van der Waals surface area contributed by atoms with Crippen LogP contribution in [-0.4, -0.2) is 39.0 Å². The van der Waals surface area contributed by atoms with Crippen LogP contribution in [0.5, 0.6) is 0 Å². The summed E-state index contributed by atoms with van der Waals surface area (Å²) in [6.45, 7) is 2.73. The minimum absolute atomic E-state index is 0.0772. The van der Waals surface area contributed by atoms with Crippen molar-refractivity contribution in [1.29, 1.82) is 0 Å². The van der Waals surface area contributed by atoms with Gasteiger partial charge in [-0.25, -0.2) is 9.78 Å². The Morgan fingerprint density at radius 1 is 1.61 bits per heavy atom. The largest absolute Gasteiger partial charge is 0.476 e. The number of carbonyl (C=O) groups excluding carboxylic acids is 1. The maximum atomic E-state index is 11.8. The lowest BCUT2D eigenvalue weighted by molar-refractivity contribution is 0.0691. The second kappa shape index (κ2) is 5.27. The van der Waals surface area contributed by atoms with Gasteiger partial charge in [-0.2, -0.15) is 11.8 Å². The van der Waals surface area contributed by atoms with Crippen LogP contribution in [0.25, 0.3) is 0 Å². The van der Waals surface area contributed by atoms with E-state index in [9.17, 15) is 9.59 Å². The zero-order valence-corrected chi connectivity index (χ0v) is 11.6. The summed E-state index contributed by atoms with van der Waals surface area (Å²) >= 11 is 2.92. The lowest BCUT2D eigenvalue weighted by atomic mass is 10.1. The number of hydrogen-bond donors (Lipinski definition) is 2. The molecule has 1 atom stereocenters. The summed E-state index contributed by atoms with van der Waals surface area (Å²) in [5.41, 5.74) is -0.0772. The number of hydrogen-bond acceptors (Lipinski definition) is 5. The van der Waals surface area contributed by atoms with E-state index in [0.717, 1.165) is 23.5 Å². The Kier molecular flexibility index (Phi) is 3.91. The summed E-state index contributed by atoms with van der Waals surface area (Å²) in [5, 5.41) is 13.1. The highest BCUT2D eigenvalue weighted by atomic mass is 32.2. The Morgan fingerprint density at radius 3 is 2.94 bits per heavy atom. The van der Waals surface area contributed by atoms with Gasteiger partial charge in [0.25, 0.3) is 5.91 Å². The molecule has 2 rings (SSSR count). The van der Waals surface area contributed by atoms with Crippen molar-refractivity contribution in [2.45, 2.75) is 24.5 Å². The van der Waals surface area contributed by atoms with Gasteiger partial charge in [0.2, 0.25) is 0 Å². The van der Waals surface area contributed by atoms with E-state index in [1.807, 2.05) is 11.8 Å². The molecule has 5 nitrogen and oxygen atoms in total. The summed E-state index contributed by atoms with van der Waals surface area (Å²) in [6.07, 6.45) is 2.27. The monoisotopic (exact) mass is 286 g/mol. The molecule has 0 aromatic carbocycles. The van der Waals surface area contributed by atoms with Crippen LogP contribution in [0, 0.1) is 0 Å². The molecule has 1 amide bonds. The van der Waals surface area contributed by atoms with Crippen molar-refractivity contribution in [2.75, 3.05) is 12.3 Å². The first-order chi connectivity index (χ1) is 8.50. The van der Waals surface area contributed by atoms with Gasteiger partial charge in [-0.15, -0.1) is 11.3 Å². The van der Waals surface area contributed by atoms with Gasteiger partial charge in [0.15, 0.2) is 10.7 Å². The smallest absolute Gasteiger partial charge is 0.355 e. The van der Waals surface area contributed by atoms with E-state index in [-0.39, 0.29) is 21.4 Å². The topological polar surface area (TPSA) is 79.3 Å². The van der Waals surface area contributed by atoms with E-state index in [2.05, 4.69) is 17.2 Å². The first-order valence-electron chi connectivity index (χ1n) is 5.61. The molecule has 1 aliphatic rings. The maximum absolute atomic E-state index is 11.8. The Labute approximate surface area is 113 Å². The molecule has 1 saturated heterocycles. The molecule has 98 valence electrons. The second-order valence-electron chi connectivity index (χ2n) is 4.43. The van der Waals surface area contributed by atoms with Gasteiger partial charge in [-0.05, 0) is 25.5 Å². The van der Waals surface area contributed by atoms with E-state index in [4.69, 9.17) is 5.11 Å². The molecule has 2 N–H and O–H groups in total. The maximum Gasteiger partial charge on any atom is 0.355 e. The number of thiazole rings is 1. The van der Waals surface area contributed by atoms with Gasteiger partial charge in [-0.3, -0.25) is 4.79 Å². The molecule has 2 heterocycles. The van der Waals surface area contributed by atoms with Crippen molar-refractivity contribution in [3.8, 4) is 0 Å². The predicted molar refractivity (Wildman–Crippen MR) is 71.5 cm³/mol. The highest BCUT2D eigenvalue weighted by Gasteiger charge is 2.30. The van der Waals surface area contributed by atoms with E-state index in [0.29, 0.717) is 6.54 Å². The summed E-state index contributed by atoms with van der Waals surface area (Å²) in [7, 11) is 0. The van der Waals surface area contributed by atoms with Crippen LogP contribution in [-0.2, 0) is 0 Å². The predicted octanol–water partition coefficient (Wildman–Crippen LogP) is 1.86. The molecule has 0 aliphatic carbocycles. The van der Waals surface area contributed by atoms with Gasteiger partial charge in [0.05, 0.1) is 0 Å². The minimum atomic E-state index is -1.11. The molecule has 1 unspecified atom stereocenters. The van der Waals surface area contributed by atoms with E-state index >= 15 is 0 Å². The number of aromatic carboxylic acids is 1. The Hall–Kier alpha value is -1.08. The number of amides is 1. The van der Waals surface area contributed by atoms with Gasteiger partial charge in [-0.1, -0.05) is 0 Å². The Morgan fingerprint density at radius 2 is 2.39 bits per heavy atom. The fourth-order valence-electron chi connectivity index (χ4n) is 1.80. The van der Waals surface area contributed by atoms with Crippen molar-refractivity contribution in [1.82, 2.24) is 10.3 Å². The summed E-state index contributed by atoms with van der Waals surface area (Å²) in [4.78, 5) is 26.3. The van der Waals surface area contributed by atoms with Crippen LogP contribution in [0.4, 0.5) is 0 Å². The number of nitrogens with one attached hydrogen (secondary N) is 1. The summed E-state index contributed by atoms with van der Waals surface area (Å²) in [6, 6.07) is 0. The van der Waals surface area contributed by atoms with E-state index < -0.39 is 5.97 Å². The standard InChI is InChI=1S/C11H14N2O3S2/c1-11(3-2-4-18-11)6-12-8(14)9-13-7(5-17-9)10(15)16/h5H,2-4,6H2,1H3,(H,12,14)(H,15,16). The highest BCUT2D eigenvalue weighted by molar-refractivity contribution is 8.00. The van der Waals surface area contributed by atoms with E-state index in [1.54, 1.807) is 0 Å². The molecule has 1 aromatic heterocycles. The molecule has 0 bridgehead atoms. The van der Waals surface area contributed by atoms with Crippen LogP contribution in [0.1, 0.15) is 40.1 Å². The zero-order valence-electron chi connectivity index (χ0n) is 9.93. The lowest BCUT2D eigenvalue weighted by Gasteiger charge is -2.22. The first-order valence-corrected chi connectivity index (χ1v) is 7.48. The number of rotatable bonds is 4. The second-order valence-corrected chi connectivity index (χ2v) is 6.97. The third-order valence-electron chi connectivity index (χ3n) is 2.84. The number of nitrogens with zero attached hydrogens (tertiary/aromatic N) is 1. The molecular weight excluding hydrogens is 272 g/mol. The van der Waals surface area contributed by atoms with Crippen LogP contribution >= 0.6 is 23.1 Å². The van der Waals surface area contributed by atoms with Crippen molar-refractivity contribution < 1.29 is 14.7 Å². The fourth-order valence-corrected chi connectivity index (χ4v) is 3.75. The highest BCUT2D eigenvalue weighted by Crippen LogP contribution is 2.36. The van der Waals surface area contributed by atoms with Crippen LogP contribution in [0.15, 0.2) is 5.38 Å². The average Bonchev–Trinajstić information content (AvgIpc) is 2.95. The number of carboxylic acids is 1. The van der Waals surface area contributed by atoms with Crippen molar-refractivity contribution in [3.05, 3.63) is 16.1 Å². The van der Waals surface area contributed by atoms with Gasteiger partial charge < -0.3 is 10.4 Å². The van der Waals surface area contributed by atoms with Crippen LogP contribution in [0.3, 0.4) is 0 Å². The first kappa shape index (κ1) is 13.4.